The monoisotopic (exact) mass is 266 g/mol. The van der Waals surface area contributed by atoms with E-state index in [2.05, 4.69) is 5.32 Å². The predicted octanol–water partition coefficient (Wildman–Crippen LogP) is 1.81. The van der Waals surface area contributed by atoms with Gasteiger partial charge >= 0.3 is 0 Å². The fraction of sp³-hybridized carbons (Fsp3) is 0.429. The van der Waals surface area contributed by atoms with E-state index < -0.39 is 5.82 Å². The molecule has 0 radical (unpaired) electrons. The van der Waals surface area contributed by atoms with Crippen molar-refractivity contribution in [3.63, 3.8) is 0 Å². The molecule has 0 saturated heterocycles. The number of carbonyl (C=O) groups excluding carboxylic acids is 2. The molecule has 0 saturated carbocycles. The van der Waals surface area contributed by atoms with Crippen molar-refractivity contribution in [3.8, 4) is 0 Å². The number of likely N-dealkylation sites (N-methyl/N-ethyl adjacent to an activating group) is 1. The molecule has 1 N–H and O–H groups in total. The minimum atomic E-state index is -0.398. The quantitative estimate of drug-likeness (QED) is 0.907. The first-order valence-electron chi connectivity index (χ1n) is 6.01. The van der Waals surface area contributed by atoms with Crippen LogP contribution in [0.25, 0.3) is 0 Å². The van der Waals surface area contributed by atoms with Gasteiger partial charge in [-0.1, -0.05) is 0 Å². The number of benzene rings is 1. The summed E-state index contributed by atoms with van der Waals surface area (Å²) in [5.41, 5.74) is 0.0177. The molecular formula is C14H19FN2O2. The lowest BCUT2D eigenvalue weighted by molar-refractivity contribution is -0.122. The van der Waals surface area contributed by atoms with Gasteiger partial charge in [0.25, 0.3) is 5.91 Å². The lowest BCUT2D eigenvalue weighted by Gasteiger charge is -2.23. The third-order valence-electron chi connectivity index (χ3n) is 2.33. The summed E-state index contributed by atoms with van der Waals surface area (Å²) in [6.45, 7) is 5.57. The van der Waals surface area contributed by atoms with Crippen molar-refractivity contribution in [2.24, 2.45) is 0 Å². The van der Waals surface area contributed by atoms with Crippen LogP contribution in [0.1, 0.15) is 31.1 Å². The second-order valence-electron chi connectivity index (χ2n) is 5.47. The second-order valence-corrected chi connectivity index (χ2v) is 5.47. The maximum absolute atomic E-state index is 12.8. The van der Waals surface area contributed by atoms with E-state index >= 15 is 0 Å². The van der Waals surface area contributed by atoms with Crippen LogP contribution < -0.4 is 5.32 Å². The number of carbonyl (C=O) groups is 2. The van der Waals surface area contributed by atoms with Gasteiger partial charge in [0.1, 0.15) is 5.82 Å². The third kappa shape index (κ3) is 5.07. The minimum absolute atomic E-state index is 0.0342. The number of hydrogen-bond acceptors (Lipinski definition) is 2. The van der Waals surface area contributed by atoms with E-state index in [4.69, 9.17) is 0 Å². The first-order chi connectivity index (χ1) is 8.69. The van der Waals surface area contributed by atoms with Crippen molar-refractivity contribution >= 4 is 11.8 Å². The number of hydrogen-bond donors (Lipinski definition) is 1. The minimum Gasteiger partial charge on any atom is -0.350 e. The summed E-state index contributed by atoms with van der Waals surface area (Å²) in [7, 11) is 1.54. The summed E-state index contributed by atoms with van der Waals surface area (Å²) in [4.78, 5) is 25.0. The third-order valence-corrected chi connectivity index (χ3v) is 2.33. The smallest absolute Gasteiger partial charge is 0.254 e. The highest BCUT2D eigenvalue weighted by Crippen LogP contribution is 2.06. The van der Waals surface area contributed by atoms with Crippen LogP contribution in [-0.2, 0) is 4.79 Å². The zero-order valence-electron chi connectivity index (χ0n) is 11.7. The van der Waals surface area contributed by atoms with Crippen LogP contribution in [0.3, 0.4) is 0 Å². The van der Waals surface area contributed by atoms with E-state index in [1.54, 1.807) is 0 Å². The lowest BCUT2D eigenvalue weighted by Crippen LogP contribution is -2.46. The summed E-state index contributed by atoms with van der Waals surface area (Å²) in [5, 5.41) is 2.77. The summed E-state index contributed by atoms with van der Waals surface area (Å²) >= 11 is 0. The van der Waals surface area contributed by atoms with Crippen LogP contribution in [0.4, 0.5) is 4.39 Å². The average molecular weight is 266 g/mol. The van der Waals surface area contributed by atoms with Gasteiger partial charge in [-0.3, -0.25) is 9.59 Å². The molecule has 2 amide bonds. The molecule has 0 aliphatic carbocycles. The molecule has 0 fully saturated rings. The molecule has 0 unspecified atom stereocenters. The molecule has 104 valence electrons. The maximum Gasteiger partial charge on any atom is 0.254 e. The Balaban J connectivity index is 2.63. The fourth-order valence-electron chi connectivity index (χ4n) is 1.56. The zero-order valence-corrected chi connectivity index (χ0v) is 11.7. The summed E-state index contributed by atoms with van der Waals surface area (Å²) in [5.74, 6) is -0.945. The van der Waals surface area contributed by atoms with Crippen molar-refractivity contribution in [2.75, 3.05) is 13.6 Å². The molecule has 5 heteroatoms. The van der Waals surface area contributed by atoms with Gasteiger partial charge in [0.2, 0.25) is 5.91 Å². The van der Waals surface area contributed by atoms with Crippen LogP contribution in [-0.4, -0.2) is 35.8 Å². The highest BCUT2D eigenvalue weighted by atomic mass is 19.1. The highest BCUT2D eigenvalue weighted by Gasteiger charge is 2.18. The van der Waals surface area contributed by atoms with Gasteiger partial charge < -0.3 is 10.2 Å². The molecule has 0 aliphatic rings. The molecule has 1 aromatic rings. The molecule has 1 rings (SSSR count). The van der Waals surface area contributed by atoms with E-state index in [1.165, 1.54) is 36.2 Å². The Bertz CT molecular complexity index is 463. The molecule has 4 nitrogen and oxygen atoms in total. The van der Waals surface area contributed by atoms with Gasteiger partial charge in [0.05, 0.1) is 6.54 Å². The molecule has 0 aromatic heterocycles. The van der Waals surface area contributed by atoms with Crippen molar-refractivity contribution in [1.82, 2.24) is 10.2 Å². The van der Waals surface area contributed by atoms with Gasteiger partial charge in [0, 0.05) is 18.2 Å². The van der Waals surface area contributed by atoms with Crippen molar-refractivity contribution in [2.45, 2.75) is 26.3 Å². The standard InChI is InChI=1S/C14H19FN2O2/c1-14(2,3)16-12(18)9-17(4)13(19)10-5-7-11(15)8-6-10/h5-8H,9H2,1-4H3,(H,16,18). The number of nitrogens with one attached hydrogen (secondary N) is 1. The Morgan fingerprint density at radius 1 is 1.21 bits per heavy atom. The Labute approximate surface area is 112 Å². The number of rotatable bonds is 3. The van der Waals surface area contributed by atoms with Gasteiger partial charge in [0.15, 0.2) is 0 Å². The average Bonchev–Trinajstić information content (AvgIpc) is 2.26. The Morgan fingerprint density at radius 2 is 1.74 bits per heavy atom. The molecule has 0 spiro atoms. The molecule has 0 heterocycles. The number of amides is 2. The number of halogens is 1. The Hall–Kier alpha value is -1.91. The largest absolute Gasteiger partial charge is 0.350 e. The molecule has 0 aliphatic heterocycles. The van der Waals surface area contributed by atoms with Crippen LogP contribution in [0.15, 0.2) is 24.3 Å². The molecule has 0 bridgehead atoms. The highest BCUT2D eigenvalue weighted by molar-refractivity contribution is 5.96. The van der Waals surface area contributed by atoms with Gasteiger partial charge in [-0.15, -0.1) is 0 Å². The molecule has 0 atom stereocenters. The van der Waals surface area contributed by atoms with E-state index in [0.29, 0.717) is 5.56 Å². The Kier molecular flexibility index (Phi) is 4.64. The second kappa shape index (κ2) is 5.82. The van der Waals surface area contributed by atoms with Crippen molar-refractivity contribution in [3.05, 3.63) is 35.6 Å². The first-order valence-corrected chi connectivity index (χ1v) is 6.01. The van der Waals surface area contributed by atoms with E-state index in [0.717, 1.165) is 0 Å². The zero-order chi connectivity index (χ0) is 14.6. The van der Waals surface area contributed by atoms with Gasteiger partial charge in [-0.2, -0.15) is 0 Å². The van der Waals surface area contributed by atoms with E-state index in [-0.39, 0.29) is 23.9 Å². The topological polar surface area (TPSA) is 49.4 Å². The molecular weight excluding hydrogens is 247 g/mol. The predicted molar refractivity (Wildman–Crippen MR) is 71.3 cm³/mol. The maximum atomic E-state index is 12.8. The van der Waals surface area contributed by atoms with Crippen LogP contribution in [0.2, 0.25) is 0 Å². The van der Waals surface area contributed by atoms with Gasteiger partial charge in [-0.05, 0) is 45.0 Å². The normalized spacial score (nSPS) is 11.0. The summed E-state index contributed by atoms with van der Waals surface area (Å²) in [6, 6.07) is 5.23. The van der Waals surface area contributed by atoms with Crippen molar-refractivity contribution in [1.29, 1.82) is 0 Å². The summed E-state index contributed by atoms with van der Waals surface area (Å²) < 4.78 is 12.8. The first kappa shape index (κ1) is 15.1. The fourth-order valence-corrected chi connectivity index (χ4v) is 1.56. The SMILES string of the molecule is CN(CC(=O)NC(C)(C)C)C(=O)c1ccc(F)cc1. The van der Waals surface area contributed by atoms with Crippen LogP contribution in [0.5, 0.6) is 0 Å². The van der Waals surface area contributed by atoms with Gasteiger partial charge in [-0.25, -0.2) is 4.39 Å². The van der Waals surface area contributed by atoms with Crippen LogP contribution in [0, 0.1) is 5.82 Å². The summed E-state index contributed by atoms with van der Waals surface area (Å²) in [6.07, 6.45) is 0. The number of nitrogens with zero attached hydrogens (tertiary/aromatic N) is 1. The molecule has 19 heavy (non-hydrogen) atoms. The molecule has 1 aromatic carbocycles. The van der Waals surface area contributed by atoms with E-state index in [9.17, 15) is 14.0 Å². The Morgan fingerprint density at radius 3 is 2.21 bits per heavy atom. The lowest BCUT2D eigenvalue weighted by atomic mass is 10.1. The van der Waals surface area contributed by atoms with Crippen LogP contribution >= 0.6 is 0 Å². The van der Waals surface area contributed by atoms with Crippen molar-refractivity contribution < 1.29 is 14.0 Å². The van der Waals surface area contributed by atoms with E-state index in [1.807, 2.05) is 20.8 Å².